The molecule has 0 radical (unpaired) electrons. The van der Waals surface area contributed by atoms with Crippen molar-refractivity contribution in [3.05, 3.63) is 24.0 Å². The van der Waals surface area contributed by atoms with Crippen LogP contribution in [0.4, 0.5) is 0 Å². The number of rotatable bonds is 4. The molecule has 2 N–H and O–H groups in total. The van der Waals surface area contributed by atoms with E-state index in [1.165, 1.54) is 7.11 Å². The van der Waals surface area contributed by atoms with Gasteiger partial charge < -0.3 is 15.4 Å². The van der Waals surface area contributed by atoms with E-state index in [1.807, 2.05) is 11.8 Å². The van der Waals surface area contributed by atoms with Crippen molar-refractivity contribution in [2.75, 3.05) is 33.3 Å². The molecule has 114 valence electrons. The second kappa shape index (κ2) is 6.82. The summed E-state index contributed by atoms with van der Waals surface area (Å²) >= 11 is 5.02. The Morgan fingerprint density at radius 1 is 1.43 bits per heavy atom. The van der Waals surface area contributed by atoms with E-state index in [0.717, 1.165) is 13.1 Å². The number of carbonyl (C=O) groups excluding carboxylic acids is 1. The monoisotopic (exact) mass is 308 g/mol. The number of piperazine rings is 1. The molecule has 0 saturated carbocycles. The van der Waals surface area contributed by atoms with Crippen LogP contribution >= 0.6 is 12.2 Å². The number of nitrogens with zero attached hydrogens (tertiary/aromatic N) is 3. The van der Waals surface area contributed by atoms with Gasteiger partial charge in [-0.1, -0.05) is 12.2 Å². The van der Waals surface area contributed by atoms with Gasteiger partial charge in [0.2, 0.25) is 0 Å². The Bertz CT molecular complexity index is 529. The minimum Gasteiger partial charge on any atom is -0.494 e. The zero-order valence-corrected chi connectivity index (χ0v) is 13.1. The average molecular weight is 308 g/mol. The second-order valence-corrected chi connectivity index (χ2v) is 5.45. The van der Waals surface area contributed by atoms with Crippen LogP contribution < -0.4 is 10.5 Å². The third-order valence-electron chi connectivity index (χ3n) is 3.80. The maximum Gasteiger partial charge on any atom is 0.257 e. The molecule has 1 saturated heterocycles. The van der Waals surface area contributed by atoms with E-state index in [2.05, 4.69) is 9.88 Å². The maximum atomic E-state index is 12.5. The fourth-order valence-electron chi connectivity index (χ4n) is 2.38. The topological polar surface area (TPSA) is 71.7 Å². The summed E-state index contributed by atoms with van der Waals surface area (Å²) in [6.07, 6.45) is 3.15. The minimum absolute atomic E-state index is 0.0307. The van der Waals surface area contributed by atoms with Gasteiger partial charge in [-0.05, 0) is 13.0 Å². The van der Waals surface area contributed by atoms with E-state index in [1.54, 1.807) is 18.5 Å². The predicted molar refractivity (Wildman–Crippen MR) is 84.5 cm³/mol. The van der Waals surface area contributed by atoms with Crippen LogP contribution in [0.15, 0.2) is 18.5 Å². The normalized spacial score (nSPS) is 17.3. The molecule has 1 aromatic heterocycles. The Kier molecular flexibility index (Phi) is 5.08. The third kappa shape index (κ3) is 3.48. The number of thiocarbonyl (C=S) groups is 1. The first-order chi connectivity index (χ1) is 10.0. The maximum absolute atomic E-state index is 12.5. The summed E-state index contributed by atoms with van der Waals surface area (Å²) in [5.41, 5.74) is 6.22. The van der Waals surface area contributed by atoms with Gasteiger partial charge in [-0.2, -0.15) is 0 Å². The van der Waals surface area contributed by atoms with Crippen molar-refractivity contribution in [3.8, 4) is 5.75 Å². The van der Waals surface area contributed by atoms with Crippen LogP contribution in [0, 0.1) is 0 Å². The predicted octanol–water partition coefficient (Wildman–Crippen LogP) is 0.523. The van der Waals surface area contributed by atoms with E-state index in [-0.39, 0.29) is 11.9 Å². The zero-order valence-electron chi connectivity index (χ0n) is 12.3. The summed E-state index contributed by atoms with van der Waals surface area (Å²) in [6, 6.07) is 1.75. The molecule has 1 aromatic rings. The van der Waals surface area contributed by atoms with Gasteiger partial charge in [0.05, 0.1) is 29.9 Å². The molecule has 0 bridgehead atoms. The largest absolute Gasteiger partial charge is 0.494 e. The number of amides is 1. The number of ether oxygens (including phenoxy) is 1. The summed E-state index contributed by atoms with van der Waals surface area (Å²) in [4.78, 5) is 21.0. The van der Waals surface area contributed by atoms with Crippen molar-refractivity contribution in [2.24, 2.45) is 5.73 Å². The quantitative estimate of drug-likeness (QED) is 0.818. The zero-order chi connectivity index (χ0) is 15.4. The van der Waals surface area contributed by atoms with Gasteiger partial charge in [-0.15, -0.1) is 0 Å². The van der Waals surface area contributed by atoms with Crippen LogP contribution in [-0.4, -0.2) is 65.0 Å². The molecule has 7 heteroatoms. The van der Waals surface area contributed by atoms with E-state index < -0.39 is 0 Å². The molecule has 6 nitrogen and oxygen atoms in total. The molecular weight excluding hydrogens is 288 g/mol. The summed E-state index contributed by atoms with van der Waals surface area (Å²) in [6.45, 7) is 4.82. The molecule has 1 fully saturated rings. The fraction of sp³-hybridized carbons (Fsp3) is 0.500. The Hall–Kier alpha value is -1.73. The number of nitrogens with two attached hydrogens (primary N) is 1. The SMILES string of the molecule is COc1cnccc1C(=O)N1CCN(C(C)C(N)=S)CC1. The van der Waals surface area contributed by atoms with Gasteiger partial charge in [-0.25, -0.2) is 0 Å². The number of hydrogen-bond donors (Lipinski definition) is 1. The number of aromatic nitrogens is 1. The summed E-state index contributed by atoms with van der Waals surface area (Å²) in [5, 5.41) is 0. The highest BCUT2D eigenvalue weighted by atomic mass is 32.1. The van der Waals surface area contributed by atoms with Gasteiger partial charge >= 0.3 is 0 Å². The van der Waals surface area contributed by atoms with E-state index in [9.17, 15) is 4.79 Å². The average Bonchev–Trinajstić information content (AvgIpc) is 2.53. The van der Waals surface area contributed by atoms with Crippen molar-refractivity contribution in [2.45, 2.75) is 13.0 Å². The molecule has 1 atom stereocenters. The summed E-state index contributed by atoms with van der Waals surface area (Å²) < 4.78 is 5.19. The highest BCUT2D eigenvalue weighted by Gasteiger charge is 2.26. The molecule has 1 aliphatic heterocycles. The Balaban J connectivity index is 2.02. The number of carbonyl (C=O) groups is 1. The molecule has 0 aliphatic carbocycles. The van der Waals surface area contributed by atoms with Crippen LogP contribution in [0.25, 0.3) is 0 Å². The van der Waals surface area contributed by atoms with Gasteiger partial charge in [-0.3, -0.25) is 14.7 Å². The summed E-state index contributed by atoms with van der Waals surface area (Å²) in [5.74, 6) is 0.471. The van der Waals surface area contributed by atoms with Crippen LogP contribution in [0.5, 0.6) is 5.75 Å². The van der Waals surface area contributed by atoms with Crippen molar-refractivity contribution in [3.63, 3.8) is 0 Å². The molecular formula is C14H20N4O2S. The highest BCUT2D eigenvalue weighted by Crippen LogP contribution is 2.19. The van der Waals surface area contributed by atoms with Crippen LogP contribution in [0.2, 0.25) is 0 Å². The molecule has 2 rings (SSSR count). The second-order valence-electron chi connectivity index (χ2n) is 4.98. The highest BCUT2D eigenvalue weighted by molar-refractivity contribution is 7.80. The lowest BCUT2D eigenvalue weighted by atomic mass is 10.1. The lowest BCUT2D eigenvalue weighted by molar-refractivity contribution is 0.0618. The Labute approximate surface area is 129 Å². The van der Waals surface area contributed by atoms with Crippen LogP contribution in [-0.2, 0) is 0 Å². The van der Waals surface area contributed by atoms with Gasteiger partial charge in [0.25, 0.3) is 5.91 Å². The number of pyridine rings is 1. The first-order valence-electron chi connectivity index (χ1n) is 6.85. The smallest absolute Gasteiger partial charge is 0.257 e. The molecule has 0 aromatic carbocycles. The molecule has 1 aliphatic rings. The lowest BCUT2D eigenvalue weighted by Gasteiger charge is -2.37. The number of hydrogen-bond acceptors (Lipinski definition) is 5. The Morgan fingerprint density at radius 3 is 2.67 bits per heavy atom. The van der Waals surface area contributed by atoms with Gasteiger partial charge in [0, 0.05) is 32.4 Å². The minimum atomic E-state index is -0.0307. The first kappa shape index (κ1) is 15.7. The molecule has 21 heavy (non-hydrogen) atoms. The number of methoxy groups -OCH3 is 1. The van der Waals surface area contributed by atoms with E-state index in [0.29, 0.717) is 29.4 Å². The fourth-order valence-corrected chi connectivity index (χ4v) is 2.53. The first-order valence-corrected chi connectivity index (χ1v) is 7.26. The summed E-state index contributed by atoms with van der Waals surface area (Å²) in [7, 11) is 1.54. The van der Waals surface area contributed by atoms with Crippen molar-refractivity contribution >= 4 is 23.1 Å². The molecule has 2 heterocycles. The molecule has 1 amide bonds. The lowest BCUT2D eigenvalue weighted by Crippen LogP contribution is -2.54. The Morgan fingerprint density at radius 2 is 2.10 bits per heavy atom. The van der Waals surface area contributed by atoms with Crippen molar-refractivity contribution in [1.29, 1.82) is 0 Å². The third-order valence-corrected chi connectivity index (χ3v) is 4.14. The molecule has 1 unspecified atom stereocenters. The van der Waals surface area contributed by atoms with Crippen LogP contribution in [0.3, 0.4) is 0 Å². The molecule has 0 spiro atoms. The van der Waals surface area contributed by atoms with Crippen LogP contribution in [0.1, 0.15) is 17.3 Å². The van der Waals surface area contributed by atoms with Crippen molar-refractivity contribution in [1.82, 2.24) is 14.8 Å². The van der Waals surface area contributed by atoms with E-state index in [4.69, 9.17) is 22.7 Å². The van der Waals surface area contributed by atoms with Crippen molar-refractivity contribution < 1.29 is 9.53 Å². The van der Waals surface area contributed by atoms with Gasteiger partial charge in [0.1, 0.15) is 5.75 Å². The standard InChI is InChI=1S/C14H20N4O2S/c1-10(13(15)21)17-5-7-18(8-6-17)14(19)11-3-4-16-9-12(11)20-2/h3-4,9-10H,5-8H2,1-2H3,(H2,15,21). The van der Waals surface area contributed by atoms with Gasteiger partial charge in [0.15, 0.2) is 0 Å². The van der Waals surface area contributed by atoms with E-state index >= 15 is 0 Å².